The molecule has 0 spiro atoms. The Labute approximate surface area is 94.7 Å². The van der Waals surface area contributed by atoms with Crippen LogP contribution >= 0.6 is 0 Å². The van der Waals surface area contributed by atoms with Gasteiger partial charge in [-0.3, -0.25) is 10.1 Å². The second kappa shape index (κ2) is 3.67. The van der Waals surface area contributed by atoms with Crippen LogP contribution in [0.4, 0.5) is 0 Å². The van der Waals surface area contributed by atoms with E-state index in [9.17, 15) is 5.11 Å². The van der Waals surface area contributed by atoms with Crippen LogP contribution in [0.2, 0.25) is 0 Å². The molecular weight excluding hydrogens is 222 g/mol. The van der Waals surface area contributed by atoms with Crippen molar-refractivity contribution in [3.8, 4) is 28.5 Å². The molecular formula is C9H7N7O. The maximum Gasteiger partial charge on any atom is 0.239 e. The molecule has 0 fully saturated rings. The molecule has 8 nitrogen and oxygen atoms in total. The van der Waals surface area contributed by atoms with E-state index in [-0.39, 0.29) is 5.88 Å². The summed E-state index contributed by atoms with van der Waals surface area (Å²) in [7, 11) is 0. The van der Waals surface area contributed by atoms with E-state index in [4.69, 9.17) is 0 Å². The maximum absolute atomic E-state index is 9.49. The van der Waals surface area contributed by atoms with E-state index in [2.05, 4.69) is 35.8 Å². The Morgan fingerprint density at radius 1 is 1.29 bits per heavy atom. The van der Waals surface area contributed by atoms with Crippen LogP contribution in [0.15, 0.2) is 24.5 Å². The zero-order valence-electron chi connectivity index (χ0n) is 8.49. The smallest absolute Gasteiger partial charge is 0.239 e. The van der Waals surface area contributed by atoms with Crippen LogP contribution in [0, 0.1) is 0 Å². The number of hydrogen-bond acceptors (Lipinski definition) is 6. The van der Waals surface area contributed by atoms with Gasteiger partial charge in [-0.1, -0.05) is 0 Å². The van der Waals surface area contributed by atoms with E-state index in [0.717, 1.165) is 5.56 Å². The molecule has 8 heteroatoms. The molecule has 0 atom stereocenters. The summed E-state index contributed by atoms with van der Waals surface area (Å²) in [6, 6.07) is 3.52. The lowest BCUT2D eigenvalue weighted by Gasteiger charge is -1.99. The SMILES string of the molecule is Oc1n[nH]cc1-c1cc(-c2nnn[nH]2)ccn1. The van der Waals surface area contributed by atoms with Crippen LogP contribution in [0.5, 0.6) is 5.88 Å². The number of rotatable bonds is 2. The highest BCUT2D eigenvalue weighted by Crippen LogP contribution is 2.26. The van der Waals surface area contributed by atoms with Gasteiger partial charge in [0.25, 0.3) is 0 Å². The summed E-state index contributed by atoms with van der Waals surface area (Å²) in [5.41, 5.74) is 1.89. The molecule has 3 N–H and O–H groups in total. The highest BCUT2D eigenvalue weighted by atomic mass is 16.3. The Kier molecular flexibility index (Phi) is 2.04. The number of aromatic amines is 2. The van der Waals surface area contributed by atoms with Gasteiger partial charge in [-0.15, -0.1) is 10.2 Å². The van der Waals surface area contributed by atoms with Gasteiger partial charge < -0.3 is 5.11 Å². The van der Waals surface area contributed by atoms with Crippen molar-refractivity contribution in [1.82, 2.24) is 35.8 Å². The lowest BCUT2D eigenvalue weighted by molar-refractivity contribution is 0.453. The summed E-state index contributed by atoms with van der Waals surface area (Å²) in [6.45, 7) is 0. The second-order valence-electron chi connectivity index (χ2n) is 3.30. The maximum atomic E-state index is 9.49. The number of hydrogen-bond donors (Lipinski definition) is 3. The first kappa shape index (κ1) is 9.46. The van der Waals surface area contributed by atoms with E-state index >= 15 is 0 Å². The first-order valence-electron chi connectivity index (χ1n) is 4.78. The molecule has 17 heavy (non-hydrogen) atoms. The number of tetrazole rings is 1. The van der Waals surface area contributed by atoms with Gasteiger partial charge in [-0.25, -0.2) is 5.10 Å². The van der Waals surface area contributed by atoms with E-state index in [0.29, 0.717) is 17.1 Å². The zero-order chi connectivity index (χ0) is 11.7. The molecule has 3 rings (SSSR count). The van der Waals surface area contributed by atoms with Crippen molar-refractivity contribution in [2.45, 2.75) is 0 Å². The Morgan fingerprint density at radius 3 is 2.94 bits per heavy atom. The van der Waals surface area contributed by atoms with E-state index in [1.165, 1.54) is 0 Å². The van der Waals surface area contributed by atoms with Crippen molar-refractivity contribution < 1.29 is 5.11 Å². The number of nitrogens with zero attached hydrogens (tertiary/aromatic N) is 5. The van der Waals surface area contributed by atoms with Crippen LogP contribution < -0.4 is 0 Å². The van der Waals surface area contributed by atoms with E-state index in [1.807, 2.05) is 0 Å². The van der Waals surface area contributed by atoms with Crippen molar-refractivity contribution in [1.29, 1.82) is 0 Å². The molecule has 0 aliphatic heterocycles. The molecule has 3 aromatic heterocycles. The lowest BCUT2D eigenvalue weighted by Crippen LogP contribution is -1.86. The van der Waals surface area contributed by atoms with Gasteiger partial charge >= 0.3 is 0 Å². The first-order chi connectivity index (χ1) is 8.34. The predicted molar refractivity (Wildman–Crippen MR) is 56.7 cm³/mol. The number of H-pyrrole nitrogens is 2. The standard InChI is InChI=1S/C9H7N7O/c17-9-6(4-11-14-9)7-3-5(1-2-10-7)8-12-15-16-13-8/h1-4H,(H2,11,14,17)(H,12,13,15,16). The molecule has 3 aromatic rings. The summed E-state index contributed by atoms with van der Waals surface area (Å²) in [5, 5.41) is 29.1. The average molecular weight is 229 g/mol. The molecule has 0 radical (unpaired) electrons. The van der Waals surface area contributed by atoms with Crippen LogP contribution in [0.3, 0.4) is 0 Å². The van der Waals surface area contributed by atoms with Crippen molar-refractivity contribution >= 4 is 0 Å². The molecule has 0 unspecified atom stereocenters. The summed E-state index contributed by atoms with van der Waals surface area (Å²) in [6.07, 6.45) is 3.18. The number of aromatic hydroxyl groups is 1. The third kappa shape index (κ3) is 1.61. The minimum absolute atomic E-state index is 0.0923. The van der Waals surface area contributed by atoms with Crippen molar-refractivity contribution in [2.24, 2.45) is 0 Å². The molecule has 0 amide bonds. The number of aromatic nitrogens is 7. The van der Waals surface area contributed by atoms with Gasteiger partial charge in [-0.2, -0.15) is 0 Å². The molecule has 0 aromatic carbocycles. The normalized spacial score (nSPS) is 10.6. The largest absolute Gasteiger partial charge is 0.492 e. The Balaban J connectivity index is 2.09. The fourth-order valence-corrected chi connectivity index (χ4v) is 1.48. The summed E-state index contributed by atoms with van der Waals surface area (Å²) in [5.74, 6) is 0.446. The quantitative estimate of drug-likeness (QED) is 0.584. The molecule has 3 heterocycles. The van der Waals surface area contributed by atoms with Crippen LogP contribution in [-0.4, -0.2) is 40.9 Å². The van der Waals surface area contributed by atoms with E-state index in [1.54, 1.807) is 24.5 Å². The molecule has 0 saturated heterocycles. The number of pyridine rings is 1. The molecule has 0 saturated carbocycles. The molecule has 0 aliphatic carbocycles. The Hall–Kier alpha value is -2.77. The summed E-state index contributed by atoms with van der Waals surface area (Å²) in [4.78, 5) is 4.15. The molecule has 0 bridgehead atoms. The van der Waals surface area contributed by atoms with Gasteiger partial charge in [0.15, 0.2) is 5.82 Å². The zero-order valence-corrected chi connectivity index (χ0v) is 8.49. The van der Waals surface area contributed by atoms with Crippen LogP contribution in [0.25, 0.3) is 22.6 Å². The van der Waals surface area contributed by atoms with Crippen LogP contribution in [-0.2, 0) is 0 Å². The number of nitrogens with one attached hydrogen (secondary N) is 2. The Morgan fingerprint density at radius 2 is 2.24 bits per heavy atom. The summed E-state index contributed by atoms with van der Waals surface area (Å²) < 4.78 is 0. The lowest BCUT2D eigenvalue weighted by atomic mass is 10.1. The fraction of sp³-hybridized carbons (Fsp3) is 0. The highest BCUT2D eigenvalue weighted by molar-refractivity contribution is 5.68. The van der Waals surface area contributed by atoms with Crippen molar-refractivity contribution in [2.75, 3.05) is 0 Å². The van der Waals surface area contributed by atoms with E-state index < -0.39 is 0 Å². The van der Waals surface area contributed by atoms with Gasteiger partial charge in [0.2, 0.25) is 5.88 Å². The molecule has 0 aliphatic rings. The monoisotopic (exact) mass is 229 g/mol. The van der Waals surface area contributed by atoms with Crippen molar-refractivity contribution in [3.63, 3.8) is 0 Å². The fourth-order valence-electron chi connectivity index (χ4n) is 1.48. The van der Waals surface area contributed by atoms with Gasteiger partial charge in [-0.05, 0) is 22.6 Å². The predicted octanol–water partition coefficient (Wildman–Crippen LogP) is 0.357. The van der Waals surface area contributed by atoms with Crippen molar-refractivity contribution in [3.05, 3.63) is 24.5 Å². The van der Waals surface area contributed by atoms with Gasteiger partial charge in [0.05, 0.1) is 11.3 Å². The summed E-state index contributed by atoms with van der Waals surface area (Å²) >= 11 is 0. The minimum Gasteiger partial charge on any atom is -0.492 e. The van der Waals surface area contributed by atoms with Gasteiger partial charge in [0.1, 0.15) is 0 Å². The first-order valence-corrected chi connectivity index (χ1v) is 4.78. The third-order valence-electron chi connectivity index (χ3n) is 2.27. The highest BCUT2D eigenvalue weighted by Gasteiger charge is 2.10. The molecule has 84 valence electrons. The topological polar surface area (TPSA) is 116 Å². The van der Waals surface area contributed by atoms with Crippen LogP contribution in [0.1, 0.15) is 0 Å². The minimum atomic E-state index is -0.0923. The second-order valence-corrected chi connectivity index (χ2v) is 3.30. The average Bonchev–Trinajstić information content (AvgIpc) is 2.99. The third-order valence-corrected chi connectivity index (χ3v) is 2.27. The Bertz CT molecular complexity index is 630. The van der Waals surface area contributed by atoms with Gasteiger partial charge in [0, 0.05) is 18.0 Å².